The van der Waals surface area contributed by atoms with Gasteiger partial charge < -0.3 is 4.98 Å². The molecule has 0 aliphatic carbocycles. The van der Waals surface area contributed by atoms with E-state index in [0.717, 1.165) is 27.1 Å². The number of aromatic nitrogens is 2. The maximum Gasteiger partial charge on any atom is 0.130 e. The first-order valence-corrected chi connectivity index (χ1v) is 8.11. The summed E-state index contributed by atoms with van der Waals surface area (Å²) in [6.45, 7) is 0. The molecule has 1 N–H and O–H groups in total. The lowest BCUT2D eigenvalue weighted by Crippen LogP contribution is -1.80. The Labute approximate surface area is 146 Å². The molecule has 22 heavy (non-hydrogen) atoms. The molecule has 0 aliphatic rings. The summed E-state index contributed by atoms with van der Waals surface area (Å²) in [5.74, 6) is 0.765. The second-order valence-electron chi connectivity index (χ2n) is 4.69. The largest absolute Gasteiger partial charge is 0.338 e. The normalized spacial score (nSPS) is 11.2. The first-order chi connectivity index (χ1) is 10.6. The molecule has 2 aromatic carbocycles. The Morgan fingerprint density at radius 3 is 2.68 bits per heavy atom. The number of benzene rings is 2. The molecule has 3 aromatic rings. The molecular formula is C17H11BrCl2N2. The van der Waals surface area contributed by atoms with Crippen molar-refractivity contribution < 1.29 is 0 Å². The first kappa shape index (κ1) is 15.3. The molecule has 0 bridgehead atoms. The van der Waals surface area contributed by atoms with Crippen molar-refractivity contribution in [2.45, 2.75) is 0 Å². The van der Waals surface area contributed by atoms with Crippen molar-refractivity contribution in [3.63, 3.8) is 0 Å². The molecule has 1 heterocycles. The number of nitrogens with zero attached hydrogens (tertiary/aromatic N) is 1. The average Bonchev–Trinajstić information content (AvgIpc) is 2.94. The van der Waals surface area contributed by atoms with Gasteiger partial charge in [-0.25, -0.2) is 4.98 Å². The smallest absolute Gasteiger partial charge is 0.130 e. The van der Waals surface area contributed by atoms with E-state index in [-0.39, 0.29) is 0 Å². The van der Waals surface area contributed by atoms with E-state index in [0.29, 0.717) is 10.0 Å². The highest BCUT2D eigenvalue weighted by Crippen LogP contribution is 2.29. The van der Waals surface area contributed by atoms with Gasteiger partial charge in [-0.3, -0.25) is 0 Å². The summed E-state index contributed by atoms with van der Waals surface area (Å²) < 4.78 is 1.04. The molecule has 0 spiro atoms. The van der Waals surface area contributed by atoms with E-state index in [1.54, 1.807) is 18.3 Å². The van der Waals surface area contributed by atoms with Crippen LogP contribution in [0.1, 0.15) is 11.4 Å². The van der Waals surface area contributed by atoms with Gasteiger partial charge in [0.15, 0.2) is 0 Å². The van der Waals surface area contributed by atoms with E-state index in [1.165, 1.54) is 0 Å². The van der Waals surface area contributed by atoms with Gasteiger partial charge in [-0.15, -0.1) is 0 Å². The van der Waals surface area contributed by atoms with Gasteiger partial charge in [0.1, 0.15) is 5.82 Å². The predicted octanol–water partition coefficient (Wildman–Crippen LogP) is 6.32. The lowest BCUT2D eigenvalue weighted by atomic mass is 10.2. The Kier molecular flexibility index (Phi) is 4.67. The van der Waals surface area contributed by atoms with Crippen molar-refractivity contribution in [3.05, 3.63) is 74.6 Å². The molecule has 110 valence electrons. The molecule has 1 aromatic heterocycles. The van der Waals surface area contributed by atoms with Crippen molar-refractivity contribution in [2.75, 3.05) is 0 Å². The number of nitrogens with one attached hydrogen (secondary N) is 1. The summed E-state index contributed by atoms with van der Waals surface area (Å²) in [6, 6.07) is 13.4. The number of hydrogen-bond acceptors (Lipinski definition) is 1. The number of halogens is 3. The molecule has 0 fully saturated rings. The molecule has 0 saturated carbocycles. The lowest BCUT2D eigenvalue weighted by molar-refractivity contribution is 1.27. The third kappa shape index (κ3) is 3.61. The molecule has 2 nitrogen and oxygen atoms in total. The molecule has 0 atom stereocenters. The molecule has 0 radical (unpaired) electrons. The van der Waals surface area contributed by atoms with Crippen molar-refractivity contribution in [2.24, 2.45) is 0 Å². The fourth-order valence-electron chi connectivity index (χ4n) is 2.05. The van der Waals surface area contributed by atoms with Crippen LogP contribution in [0.3, 0.4) is 0 Å². The SMILES string of the molecule is Clc1ccc(-c2cnc(C=Cc3cccc(Br)c3)[nH]2)c(Cl)c1. The Morgan fingerprint density at radius 1 is 1.05 bits per heavy atom. The third-order valence-electron chi connectivity index (χ3n) is 3.10. The van der Waals surface area contributed by atoms with Crippen LogP contribution >= 0.6 is 39.1 Å². The summed E-state index contributed by atoms with van der Waals surface area (Å²) >= 11 is 15.6. The molecular weight excluding hydrogens is 383 g/mol. The number of hydrogen-bond donors (Lipinski definition) is 1. The number of rotatable bonds is 3. The van der Waals surface area contributed by atoms with Gasteiger partial charge in [-0.1, -0.05) is 57.3 Å². The molecule has 0 unspecified atom stereocenters. The van der Waals surface area contributed by atoms with Crippen molar-refractivity contribution in [1.29, 1.82) is 0 Å². The quantitative estimate of drug-likeness (QED) is 0.554. The highest BCUT2D eigenvalue weighted by atomic mass is 79.9. The zero-order valence-electron chi connectivity index (χ0n) is 11.4. The molecule has 0 aliphatic heterocycles. The van der Waals surface area contributed by atoms with Gasteiger partial charge >= 0.3 is 0 Å². The third-order valence-corrected chi connectivity index (χ3v) is 4.14. The topological polar surface area (TPSA) is 28.7 Å². The fourth-order valence-corrected chi connectivity index (χ4v) is 2.98. The van der Waals surface area contributed by atoms with E-state index in [1.807, 2.05) is 42.5 Å². The Bertz CT molecular complexity index is 840. The summed E-state index contributed by atoms with van der Waals surface area (Å²) in [6.07, 6.45) is 5.68. The van der Waals surface area contributed by atoms with Crippen LogP contribution in [0.4, 0.5) is 0 Å². The zero-order valence-corrected chi connectivity index (χ0v) is 14.5. The van der Waals surface area contributed by atoms with E-state index in [2.05, 4.69) is 25.9 Å². The van der Waals surface area contributed by atoms with Gasteiger partial charge in [0.25, 0.3) is 0 Å². The maximum atomic E-state index is 6.21. The van der Waals surface area contributed by atoms with Crippen LogP contribution in [-0.4, -0.2) is 9.97 Å². The van der Waals surface area contributed by atoms with Gasteiger partial charge in [-0.05, 0) is 42.0 Å². The van der Waals surface area contributed by atoms with Gasteiger partial charge in [0, 0.05) is 15.1 Å². The zero-order chi connectivity index (χ0) is 15.5. The second kappa shape index (κ2) is 6.69. The van der Waals surface area contributed by atoms with E-state index >= 15 is 0 Å². The van der Waals surface area contributed by atoms with Crippen LogP contribution in [0.5, 0.6) is 0 Å². The molecule has 5 heteroatoms. The lowest BCUT2D eigenvalue weighted by Gasteiger charge is -2.01. The number of aromatic amines is 1. The summed E-state index contributed by atoms with van der Waals surface area (Å²) in [4.78, 5) is 7.59. The molecule has 0 amide bonds. The highest BCUT2D eigenvalue weighted by Gasteiger charge is 2.06. The molecule has 0 saturated heterocycles. The minimum absolute atomic E-state index is 0.596. The highest BCUT2D eigenvalue weighted by molar-refractivity contribution is 9.10. The van der Waals surface area contributed by atoms with Crippen molar-refractivity contribution in [3.8, 4) is 11.3 Å². The second-order valence-corrected chi connectivity index (χ2v) is 6.45. The Balaban J connectivity index is 1.85. The van der Waals surface area contributed by atoms with E-state index in [4.69, 9.17) is 23.2 Å². The Hall–Kier alpha value is -1.55. The Morgan fingerprint density at radius 2 is 1.91 bits per heavy atom. The maximum absolute atomic E-state index is 6.21. The monoisotopic (exact) mass is 392 g/mol. The summed E-state index contributed by atoms with van der Waals surface area (Å²) in [7, 11) is 0. The van der Waals surface area contributed by atoms with Crippen LogP contribution in [0, 0.1) is 0 Å². The standard InChI is InChI=1S/C17H11BrCl2N2/c18-12-3-1-2-11(8-12)4-7-17-21-10-16(22-17)14-6-5-13(19)9-15(14)20/h1-10H,(H,21,22). The van der Waals surface area contributed by atoms with Crippen LogP contribution < -0.4 is 0 Å². The molecule has 3 rings (SSSR count). The number of imidazole rings is 1. The average molecular weight is 394 g/mol. The van der Waals surface area contributed by atoms with Crippen LogP contribution in [0.25, 0.3) is 23.4 Å². The van der Waals surface area contributed by atoms with Crippen LogP contribution in [0.2, 0.25) is 10.0 Å². The fraction of sp³-hybridized carbons (Fsp3) is 0. The first-order valence-electron chi connectivity index (χ1n) is 6.56. The summed E-state index contributed by atoms with van der Waals surface area (Å²) in [5.41, 5.74) is 2.83. The van der Waals surface area contributed by atoms with Crippen molar-refractivity contribution >= 4 is 51.3 Å². The van der Waals surface area contributed by atoms with Gasteiger partial charge in [-0.2, -0.15) is 0 Å². The van der Waals surface area contributed by atoms with Crippen molar-refractivity contribution in [1.82, 2.24) is 9.97 Å². The number of H-pyrrole nitrogens is 1. The van der Waals surface area contributed by atoms with E-state index < -0.39 is 0 Å². The van der Waals surface area contributed by atoms with Gasteiger partial charge in [0.2, 0.25) is 0 Å². The summed E-state index contributed by atoms with van der Waals surface area (Å²) in [5, 5.41) is 1.21. The van der Waals surface area contributed by atoms with Crippen LogP contribution in [-0.2, 0) is 0 Å². The minimum Gasteiger partial charge on any atom is -0.338 e. The predicted molar refractivity (Wildman–Crippen MR) is 97.1 cm³/mol. The van der Waals surface area contributed by atoms with Gasteiger partial charge in [0.05, 0.1) is 16.9 Å². The van der Waals surface area contributed by atoms with Crippen LogP contribution in [0.15, 0.2) is 53.1 Å². The minimum atomic E-state index is 0.596. The van der Waals surface area contributed by atoms with E-state index in [9.17, 15) is 0 Å².